The van der Waals surface area contributed by atoms with E-state index in [4.69, 9.17) is 0 Å². The largest absolute Gasteiger partial charge is 0.334 e. The topological polar surface area (TPSA) is 77.2 Å². The Hall–Kier alpha value is -3.23. The molecule has 7 nitrogen and oxygen atoms in total. The van der Waals surface area contributed by atoms with Gasteiger partial charge in [0.25, 0.3) is 0 Å². The first-order chi connectivity index (χ1) is 17.1. The molecule has 8 heteroatoms. The number of carbonyl (C=O) groups excluding carboxylic acids is 1. The number of benzene rings is 1. The Morgan fingerprint density at radius 1 is 1.26 bits per heavy atom. The number of likely N-dealkylation sites (tertiary alicyclic amines) is 1. The van der Waals surface area contributed by atoms with Gasteiger partial charge in [-0.2, -0.15) is 5.10 Å². The lowest BCUT2D eigenvalue weighted by atomic mass is 10.0. The summed E-state index contributed by atoms with van der Waals surface area (Å²) in [6.07, 6.45) is 4.73. The van der Waals surface area contributed by atoms with E-state index in [0.29, 0.717) is 13.1 Å². The number of aryl methyl sites for hydroxylation is 1. The summed E-state index contributed by atoms with van der Waals surface area (Å²) in [6, 6.07) is 12.8. The van der Waals surface area contributed by atoms with Crippen LogP contribution in [0, 0.1) is 6.92 Å². The molecule has 6 rings (SSSR count). The quantitative estimate of drug-likeness (QED) is 0.437. The molecule has 0 unspecified atom stereocenters. The van der Waals surface area contributed by atoms with Crippen molar-refractivity contribution in [2.75, 3.05) is 19.6 Å². The van der Waals surface area contributed by atoms with Crippen molar-refractivity contribution in [3.63, 3.8) is 0 Å². The van der Waals surface area contributed by atoms with Gasteiger partial charge in [-0.1, -0.05) is 18.2 Å². The normalized spacial score (nSPS) is 18.5. The molecule has 0 spiro atoms. The molecule has 2 amide bonds. The zero-order valence-electron chi connectivity index (χ0n) is 20.0. The zero-order chi connectivity index (χ0) is 23.8. The van der Waals surface area contributed by atoms with Crippen molar-refractivity contribution in [3.05, 3.63) is 70.5 Å². The van der Waals surface area contributed by atoms with Gasteiger partial charge in [-0.25, -0.2) is 4.79 Å². The van der Waals surface area contributed by atoms with E-state index in [2.05, 4.69) is 55.0 Å². The number of hydrogen-bond donors (Lipinski definition) is 2. The van der Waals surface area contributed by atoms with E-state index in [-0.39, 0.29) is 12.1 Å². The van der Waals surface area contributed by atoms with Crippen LogP contribution in [0.4, 0.5) is 4.79 Å². The van der Waals surface area contributed by atoms with Crippen molar-refractivity contribution in [1.29, 1.82) is 0 Å². The van der Waals surface area contributed by atoms with Crippen LogP contribution in [-0.4, -0.2) is 56.7 Å². The van der Waals surface area contributed by atoms with E-state index >= 15 is 0 Å². The number of hydrogen-bond acceptors (Lipinski definition) is 5. The van der Waals surface area contributed by atoms with Crippen LogP contribution in [0.1, 0.15) is 35.4 Å². The van der Waals surface area contributed by atoms with Gasteiger partial charge in [0.2, 0.25) is 0 Å². The molecule has 180 valence electrons. The first kappa shape index (κ1) is 22.2. The average molecular weight is 487 g/mol. The van der Waals surface area contributed by atoms with Gasteiger partial charge in [-0.15, -0.1) is 11.3 Å². The van der Waals surface area contributed by atoms with Crippen LogP contribution in [-0.2, 0) is 19.5 Å². The predicted octanol–water partition coefficient (Wildman–Crippen LogP) is 4.73. The Labute approximate surface area is 209 Å². The molecule has 35 heavy (non-hydrogen) atoms. The minimum Gasteiger partial charge on any atom is -0.334 e. The highest BCUT2D eigenvalue weighted by Gasteiger charge is 2.28. The van der Waals surface area contributed by atoms with Crippen LogP contribution in [0.3, 0.4) is 0 Å². The number of H-pyrrole nitrogens is 1. The van der Waals surface area contributed by atoms with Crippen LogP contribution >= 0.6 is 11.3 Å². The van der Waals surface area contributed by atoms with E-state index in [1.807, 2.05) is 41.5 Å². The van der Waals surface area contributed by atoms with Crippen LogP contribution in [0.15, 0.2) is 48.0 Å². The molecule has 1 saturated heterocycles. The molecule has 1 fully saturated rings. The highest BCUT2D eigenvalue weighted by molar-refractivity contribution is 7.17. The SMILES string of the molecule is Cc1cc(-c2n[nH]c3c2CN(C(=O)N[C@@H]2CCCN(Cc4csc5ccccc45)C2)CC3)ccn1. The number of aromatic nitrogens is 3. The Kier molecular flexibility index (Phi) is 6.00. The summed E-state index contributed by atoms with van der Waals surface area (Å²) in [5, 5.41) is 14.7. The molecule has 0 bridgehead atoms. The monoisotopic (exact) mass is 486 g/mol. The van der Waals surface area contributed by atoms with E-state index in [1.165, 1.54) is 15.6 Å². The summed E-state index contributed by atoms with van der Waals surface area (Å²) >= 11 is 1.81. The fourth-order valence-corrected chi connectivity index (χ4v) is 6.33. The fraction of sp³-hybridized carbons (Fsp3) is 0.370. The summed E-state index contributed by atoms with van der Waals surface area (Å²) < 4.78 is 1.34. The summed E-state index contributed by atoms with van der Waals surface area (Å²) in [6.45, 7) is 6.16. The third-order valence-corrected chi connectivity index (χ3v) is 8.19. The third kappa shape index (κ3) is 4.56. The molecule has 0 aliphatic carbocycles. The minimum atomic E-state index is 0.0292. The van der Waals surface area contributed by atoms with Gasteiger partial charge in [-0.05, 0) is 60.8 Å². The van der Waals surface area contributed by atoms with Gasteiger partial charge >= 0.3 is 6.03 Å². The van der Waals surface area contributed by atoms with Gasteiger partial charge in [0.15, 0.2) is 0 Å². The molecule has 2 aliphatic rings. The second-order valence-electron chi connectivity index (χ2n) is 9.67. The molecule has 0 saturated carbocycles. The number of urea groups is 1. The smallest absolute Gasteiger partial charge is 0.317 e. The lowest BCUT2D eigenvalue weighted by Crippen LogP contribution is -2.52. The number of piperidine rings is 1. The van der Waals surface area contributed by atoms with Crippen molar-refractivity contribution in [2.24, 2.45) is 0 Å². The van der Waals surface area contributed by atoms with Crippen LogP contribution < -0.4 is 5.32 Å². The molecule has 3 aromatic heterocycles. The maximum Gasteiger partial charge on any atom is 0.317 e. The van der Waals surface area contributed by atoms with Gasteiger partial charge in [-0.3, -0.25) is 15.0 Å². The summed E-state index contributed by atoms with van der Waals surface area (Å²) in [7, 11) is 0. The van der Waals surface area contributed by atoms with Crippen LogP contribution in [0.25, 0.3) is 21.3 Å². The van der Waals surface area contributed by atoms with Gasteiger partial charge in [0, 0.05) is 65.5 Å². The van der Waals surface area contributed by atoms with Crippen LogP contribution in [0.2, 0.25) is 0 Å². The van der Waals surface area contributed by atoms with Gasteiger partial charge < -0.3 is 10.2 Å². The molecule has 0 radical (unpaired) electrons. The Morgan fingerprint density at radius 3 is 3.09 bits per heavy atom. The molecule has 4 aromatic rings. The highest BCUT2D eigenvalue weighted by atomic mass is 32.1. The predicted molar refractivity (Wildman–Crippen MR) is 139 cm³/mol. The number of nitrogens with one attached hydrogen (secondary N) is 2. The Bertz CT molecular complexity index is 1360. The molecule has 5 heterocycles. The van der Waals surface area contributed by atoms with Crippen molar-refractivity contribution in [2.45, 2.75) is 45.3 Å². The number of pyridine rings is 1. The van der Waals surface area contributed by atoms with Crippen LogP contribution in [0.5, 0.6) is 0 Å². The number of thiophene rings is 1. The molecular formula is C27H30N6OS. The Morgan fingerprint density at radius 2 is 2.17 bits per heavy atom. The number of amides is 2. The van der Waals surface area contributed by atoms with Crippen molar-refractivity contribution in [1.82, 2.24) is 30.3 Å². The zero-order valence-corrected chi connectivity index (χ0v) is 20.8. The van der Waals surface area contributed by atoms with Crippen molar-refractivity contribution in [3.8, 4) is 11.3 Å². The Balaban J connectivity index is 1.10. The van der Waals surface area contributed by atoms with E-state index in [0.717, 1.165) is 67.1 Å². The summed E-state index contributed by atoms with van der Waals surface area (Å²) in [4.78, 5) is 22.0. The average Bonchev–Trinajstić information content (AvgIpc) is 3.48. The van der Waals surface area contributed by atoms with E-state index in [1.54, 1.807) is 0 Å². The number of nitrogens with zero attached hydrogens (tertiary/aromatic N) is 4. The fourth-order valence-electron chi connectivity index (χ4n) is 5.38. The number of carbonyl (C=O) groups is 1. The van der Waals surface area contributed by atoms with E-state index < -0.39 is 0 Å². The summed E-state index contributed by atoms with van der Waals surface area (Å²) in [5.74, 6) is 0. The molecule has 1 atom stereocenters. The first-order valence-electron chi connectivity index (χ1n) is 12.4. The second kappa shape index (κ2) is 9.43. The van der Waals surface area contributed by atoms with Crippen molar-refractivity contribution < 1.29 is 4.79 Å². The van der Waals surface area contributed by atoms with Gasteiger partial charge in [0.1, 0.15) is 0 Å². The van der Waals surface area contributed by atoms with Gasteiger partial charge in [0.05, 0.1) is 12.2 Å². The second-order valence-corrected chi connectivity index (χ2v) is 10.6. The van der Waals surface area contributed by atoms with E-state index in [9.17, 15) is 4.79 Å². The lowest BCUT2D eigenvalue weighted by Gasteiger charge is -2.35. The van der Waals surface area contributed by atoms with Crippen molar-refractivity contribution >= 4 is 27.5 Å². The maximum atomic E-state index is 13.3. The minimum absolute atomic E-state index is 0.0292. The molecular weight excluding hydrogens is 456 g/mol. The number of aromatic amines is 1. The number of fused-ring (bicyclic) bond motifs is 2. The number of rotatable bonds is 4. The first-order valence-corrected chi connectivity index (χ1v) is 13.2. The highest BCUT2D eigenvalue weighted by Crippen LogP contribution is 2.29. The standard InChI is InChI=1S/C27H30N6OS/c1-18-13-19(8-10-28-18)26-23-16-33(12-9-24(23)30-31-26)27(34)29-21-5-4-11-32(15-21)14-20-17-35-25-7-3-2-6-22(20)25/h2-3,6-8,10,13,17,21H,4-5,9,11-12,14-16H2,1H3,(H,29,34)(H,30,31)/t21-/m1/s1. The molecule has 2 N–H and O–H groups in total. The maximum absolute atomic E-state index is 13.3. The third-order valence-electron chi connectivity index (χ3n) is 7.18. The molecule has 2 aliphatic heterocycles. The molecule has 1 aromatic carbocycles. The summed E-state index contributed by atoms with van der Waals surface area (Å²) in [5.41, 5.74) is 6.56. The lowest BCUT2D eigenvalue weighted by molar-refractivity contribution is 0.160.